The van der Waals surface area contributed by atoms with Crippen LogP contribution in [0.25, 0.3) is 11.3 Å². The Kier molecular flexibility index (Phi) is 3.74. The number of pyridine rings is 1. The van der Waals surface area contributed by atoms with Gasteiger partial charge in [-0.1, -0.05) is 24.3 Å². The van der Waals surface area contributed by atoms with Gasteiger partial charge in [0.2, 0.25) is 0 Å². The van der Waals surface area contributed by atoms with Crippen molar-refractivity contribution in [1.82, 2.24) is 29.7 Å². The quantitative estimate of drug-likeness (QED) is 0.621. The highest BCUT2D eigenvalue weighted by atomic mass is 16.1. The average Bonchev–Trinajstić information content (AvgIpc) is 3.24. The maximum atomic E-state index is 12.5. The van der Waals surface area contributed by atoms with Crippen LogP contribution in [-0.4, -0.2) is 30.3 Å². The number of fused-ring (bicyclic) bond motifs is 1. The molecule has 4 aromatic rings. The minimum absolute atomic E-state index is 0.188. The molecule has 0 aliphatic carbocycles. The topological polar surface area (TPSA) is 77.1 Å². The Bertz CT molecular complexity index is 1030. The number of carbonyl (C=O) groups excluding carboxylic acids is 1. The Morgan fingerprint density at radius 1 is 1.08 bits per heavy atom. The molecule has 0 aliphatic rings. The second-order valence-electron chi connectivity index (χ2n) is 5.62. The first-order valence-corrected chi connectivity index (χ1v) is 7.91. The lowest BCUT2D eigenvalue weighted by Gasteiger charge is -2.06. The van der Waals surface area contributed by atoms with Gasteiger partial charge in [0.1, 0.15) is 0 Å². The van der Waals surface area contributed by atoms with Gasteiger partial charge < -0.3 is 5.32 Å². The molecule has 0 saturated carbocycles. The molecular formula is C18H16N6O. The normalized spacial score (nSPS) is 10.9. The highest BCUT2D eigenvalue weighted by molar-refractivity contribution is 5.95. The molecule has 0 unspecified atom stereocenters. The van der Waals surface area contributed by atoms with Crippen LogP contribution in [0.5, 0.6) is 0 Å². The van der Waals surface area contributed by atoms with E-state index in [9.17, 15) is 4.79 Å². The second-order valence-corrected chi connectivity index (χ2v) is 5.62. The molecule has 0 atom stereocenters. The zero-order valence-corrected chi connectivity index (χ0v) is 13.6. The largest absolute Gasteiger partial charge is 0.345 e. The van der Waals surface area contributed by atoms with Crippen LogP contribution in [0.2, 0.25) is 0 Å². The van der Waals surface area contributed by atoms with Crippen molar-refractivity contribution >= 4 is 11.6 Å². The van der Waals surface area contributed by atoms with Gasteiger partial charge in [-0.25, -0.2) is 4.68 Å². The maximum Gasteiger partial charge on any atom is 0.255 e. The Balaban J connectivity index is 1.53. The molecule has 0 fully saturated rings. The fourth-order valence-electron chi connectivity index (χ4n) is 2.73. The Hall–Kier alpha value is -3.48. The van der Waals surface area contributed by atoms with E-state index in [1.165, 1.54) is 0 Å². The first-order valence-electron chi connectivity index (χ1n) is 7.91. The number of hydrogen-bond acceptors (Lipinski definition) is 4. The first-order chi connectivity index (χ1) is 12.2. The van der Waals surface area contributed by atoms with Crippen molar-refractivity contribution in [3.8, 4) is 5.69 Å². The fraction of sp³-hybridized carbons (Fsp3) is 0.111. The second kappa shape index (κ2) is 6.20. The smallest absolute Gasteiger partial charge is 0.255 e. The number of hydrogen-bond donors (Lipinski definition) is 1. The van der Waals surface area contributed by atoms with E-state index in [4.69, 9.17) is 0 Å². The van der Waals surface area contributed by atoms with Gasteiger partial charge in [-0.15, -0.1) is 10.2 Å². The molecule has 1 N–H and O–H groups in total. The van der Waals surface area contributed by atoms with E-state index in [-0.39, 0.29) is 5.91 Å². The van der Waals surface area contributed by atoms with Crippen LogP contribution in [0.15, 0.2) is 60.9 Å². The van der Waals surface area contributed by atoms with E-state index in [0.717, 1.165) is 17.0 Å². The summed E-state index contributed by atoms with van der Waals surface area (Å²) in [4.78, 5) is 12.5. The summed E-state index contributed by atoms with van der Waals surface area (Å²) >= 11 is 0. The molecule has 0 aliphatic heterocycles. The summed E-state index contributed by atoms with van der Waals surface area (Å²) in [5.41, 5.74) is 3.00. The maximum absolute atomic E-state index is 12.5. The van der Waals surface area contributed by atoms with E-state index in [1.54, 1.807) is 10.9 Å². The van der Waals surface area contributed by atoms with Crippen LogP contribution in [0.1, 0.15) is 21.9 Å². The van der Waals surface area contributed by atoms with Crippen molar-refractivity contribution in [3.05, 3.63) is 78.0 Å². The zero-order valence-electron chi connectivity index (χ0n) is 13.6. The van der Waals surface area contributed by atoms with Crippen molar-refractivity contribution in [2.45, 2.75) is 13.5 Å². The fourth-order valence-corrected chi connectivity index (χ4v) is 2.73. The van der Waals surface area contributed by atoms with Gasteiger partial charge in [-0.2, -0.15) is 5.10 Å². The first kappa shape index (κ1) is 15.1. The number of benzene rings is 1. The monoisotopic (exact) mass is 332 g/mol. The molecule has 0 bridgehead atoms. The highest BCUT2D eigenvalue weighted by Gasteiger charge is 2.15. The molecule has 124 valence electrons. The summed E-state index contributed by atoms with van der Waals surface area (Å²) < 4.78 is 3.60. The van der Waals surface area contributed by atoms with Crippen molar-refractivity contribution in [2.75, 3.05) is 0 Å². The Labute approximate surface area is 143 Å². The summed E-state index contributed by atoms with van der Waals surface area (Å²) in [5.74, 6) is 0.490. The summed E-state index contributed by atoms with van der Waals surface area (Å²) in [6.07, 6.45) is 3.45. The van der Waals surface area contributed by atoms with Crippen LogP contribution >= 0.6 is 0 Å². The van der Waals surface area contributed by atoms with Gasteiger partial charge >= 0.3 is 0 Å². The molecule has 25 heavy (non-hydrogen) atoms. The average molecular weight is 332 g/mol. The SMILES string of the molecule is Cc1c(C(=O)NCc2nnc3ccccn23)cnn1-c1ccccc1. The summed E-state index contributed by atoms with van der Waals surface area (Å²) in [7, 11) is 0. The number of aromatic nitrogens is 5. The molecule has 3 heterocycles. The lowest BCUT2D eigenvalue weighted by molar-refractivity contribution is 0.0949. The Morgan fingerprint density at radius 2 is 1.88 bits per heavy atom. The molecule has 7 heteroatoms. The van der Waals surface area contributed by atoms with Gasteiger partial charge in [-0.3, -0.25) is 9.20 Å². The molecule has 1 aromatic carbocycles. The van der Waals surface area contributed by atoms with Gasteiger partial charge in [0.15, 0.2) is 11.5 Å². The molecule has 7 nitrogen and oxygen atoms in total. The molecule has 1 amide bonds. The van der Waals surface area contributed by atoms with Gasteiger partial charge in [0.25, 0.3) is 5.91 Å². The van der Waals surface area contributed by atoms with Crippen molar-refractivity contribution in [2.24, 2.45) is 0 Å². The van der Waals surface area contributed by atoms with E-state index in [0.29, 0.717) is 17.9 Å². The summed E-state index contributed by atoms with van der Waals surface area (Å²) in [5, 5.41) is 15.4. The minimum atomic E-state index is -0.188. The number of nitrogens with one attached hydrogen (secondary N) is 1. The predicted molar refractivity (Wildman–Crippen MR) is 92.5 cm³/mol. The third-order valence-corrected chi connectivity index (χ3v) is 4.05. The lowest BCUT2D eigenvalue weighted by Crippen LogP contribution is -2.24. The summed E-state index contributed by atoms with van der Waals surface area (Å²) in [6.45, 7) is 2.17. The number of carbonyl (C=O) groups is 1. The van der Waals surface area contributed by atoms with Gasteiger partial charge in [-0.05, 0) is 31.2 Å². The van der Waals surface area contributed by atoms with E-state index >= 15 is 0 Å². The highest BCUT2D eigenvalue weighted by Crippen LogP contribution is 2.14. The number of nitrogens with zero attached hydrogens (tertiary/aromatic N) is 5. The number of para-hydroxylation sites is 1. The molecular weight excluding hydrogens is 316 g/mol. The van der Waals surface area contributed by atoms with Crippen molar-refractivity contribution in [3.63, 3.8) is 0 Å². The van der Waals surface area contributed by atoms with Crippen LogP contribution in [-0.2, 0) is 6.54 Å². The van der Waals surface area contributed by atoms with Crippen LogP contribution in [0, 0.1) is 6.92 Å². The van der Waals surface area contributed by atoms with Crippen LogP contribution in [0.4, 0.5) is 0 Å². The van der Waals surface area contributed by atoms with Crippen LogP contribution < -0.4 is 5.32 Å². The van der Waals surface area contributed by atoms with Crippen molar-refractivity contribution < 1.29 is 4.79 Å². The van der Waals surface area contributed by atoms with E-state index in [2.05, 4.69) is 20.6 Å². The van der Waals surface area contributed by atoms with E-state index in [1.807, 2.05) is 66.1 Å². The number of amides is 1. The zero-order chi connectivity index (χ0) is 17.2. The number of rotatable bonds is 4. The standard InChI is InChI=1S/C18H16N6O/c1-13-15(11-20-24(13)14-7-3-2-4-8-14)18(25)19-12-17-22-21-16-9-5-6-10-23(16)17/h2-11H,12H2,1H3,(H,19,25). The van der Waals surface area contributed by atoms with Crippen LogP contribution in [0.3, 0.4) is 0 Å². The third-order valence-electron chi connectivity index (χ3n) is 4.05. The summed E-state index contributed by atoms with van der Waals surface area (Å²) in [6, 6.07) is 15.4. The Morgan fingerprint density at radius 3 is 2.72 bits per heavy atom. The molecule has 3 aromatic heterocycles. The molecule has 0 saturated heterocycles. The van der Waals surface area contributed by atoms with Gasteiger partial charge in [0, 0.05) is 6.20 Å². The predicted octanol–water partition coefficient (Wildman–Crippen LogP) is 2.15. The molecule has 0 radical (unpaired) electrons. The molecule has 4 rings (SSSR count). The van der Waals surface area contributed by atoms with E-state index < -0.39 is 0 Å². The van der Waals surface area contributed by atoms with Gasteiger partial charge in [0.05, 0.1) is 29.7 Å². The third kappa shape index (κ3) is 2.76. The lowest BCUT2D eigenvalue weighted by atomic mass is 10.2. The van der Waals surface area contributed by atoms with Crippen molar-refractivity contribution in [1.29, 1.82) is 0 Å². The minimum Gasteiger partial charge on any atom is -0.345 e. The molecule has 0 spiro atoms.